The Hall–Kier alpha value is -1.63. The lowest BCUT2D eigenvalue weighted by Crippen LogP contribution is -2.46. The number of piperazine rings is 1. The van der Waals surface area contributed by atoms with Gasteiger partial charge in [-0.1, -0.05) is 30.3 Å². The molecular formula is C23H39N5O. The molecule has 0 aliphatic carbocycles. The lowest BCUT2D eigenvalue weighted by molar-refractivity contribution is 0.127. The maximum Gasteiger partial charge on any atom is 0.193 e. The molecule has 0 bridgehead atoms. The topological polar surface area (TPSA) is 43.3 Å². The van der Waals surface area contributed by atoms with Crippen molar-refractivity contribution in [1.29, 1.82) is 0 Å². The summed E-state index contributed by atoms with van der Waals surface area (Å²) >= 11 is 0. The van der Waals surface area contributed by atoms with E-state index < -0.39 is 0 Å². The van der Waals surface area contributed by atoms with E-state index in [0.717, 1.165) is 71.3 Å². The number of likely N-dealkylation sites (tertiary alicyclic amines) is 1. The van der Waals surface area contributed by atoms with Crippen LogP contribution in [-0.2, 0) is 11.3 Å². The Kier molecular flexibility index (Phi) is 9.25. The van der Waals surface area contributed by atoms with Crippen LogP contribution in [0.25, 0.3) is 0 Å². The van der Waals surface area contributed by atoms with Gasteiger partial charge in [0.2, 0.25) is 0 Å². The molecule has 162 valence electrons. The predicted molar refractivity (Wildman–Crippen MR) is 120 cm³/mol. The zero-order valence-electron chi connectivity index (χ0n) is 18.4. The highest BCUT2D eigenvalue weighted by Gasteiger charge is 2.24. The lowest BCUT2D eigenvalue weighted by Gasteiger charge is -2.34. The second-order valence-corrected chi connectivity index (χ2v) is 8.25. The minimum Gasteiger partial charge on any atom is -0.384 e. The molecule has 0 radical (unpaired) electrons. The predicted octanol–water partition coefficient (Wildman–Crippen LogP) is 2.13. The van der Waals surface area contributed by atoms with E-state index in [2.05, 4.69) is 57.3 Å². The van der Waals surface area contributed by atoms with Gasteiger partial charge in [-0.05, 0) is 25.3 Å². The molecule has 1 N–H and O–H groups in total. The van der Waals surface area contributed by atoms with E-state index in [1.54, 1.807) is 7.11 Å². The van der Waals surface area contributed by atoms with Gasteiger partial charge >= 0.3 is 0 Å². The summed E-state index contributed by atoms with van der Waals surface area (Å²) < 4.78 is 5.32. The van der Waals surface area contributed by atoms with Crippen LogP contribution in [0.2, 0.25) is 0 Å². The fraction of sp³-hybridized carbons (Fsp3) is 0.696. The summed E-state index contributed by atoms with van der Waals surface area (Å²) in [6, 6.07) is 10.8. The molecule has 6 nitrogen and oxygen atoms in total. The van der Waals surface area contributed by atoms with Crippen LogP contribution in [0.1, 0.15) is 25.3 Å². The maximum atomic E-state index is 5.32. The number of rotatable bonds is 9. The van der Waals surface area contributed by atoms with Crippen LogP contribution >= 0.6 is 0 Å². The van der Waals surface area contributed by atoms with Crippen molar-refractivity contribution in [2.24, 2.45) is 10.9 Å². The third-order valence-corrected chi connectivity index (χ3v) is 5.93. The van der Waals surface area contributed by atoms with Crippen molar-refractivity contribution in [3.8, 4) is 0 Å². The Morgan fingerprint density at radius 2 is 1.86 bits per heavy atom. The maximum absolute atomic E-state index is 5.32. The summed E-state index contributed by atoms with van der Waals surface area (Å²) in [4.78, 5) is 12.5. The second-order valence-electron chi connectivity index (χ2n) is 8.25. The van der Waals surface area contributed by atoms with E-state index in [-0.39, 0.29) is 0 Å². The Morgan fingerprint density at radius 1 is 1.10 bits per heavy atom. The quantitative estimate of drug-likeness (QED) is 0.390. The zero-order valence-corrected chi connectivity index (χ0v) is 18.4. The fourth-order valence-corrected chi connectivity index (χ4v) is 4.31. The van der Waals surface area contributed by atoms with Gasteiger partial charge in [-0.15, -0.1) is 0 Å². The van der Waals surface area contributed by atoms with E-state index in [4.69, 9.17) is 9.73 Å². The SMILES string of the molecule is CCNC(=NCCCN1CCN(Cc2ccccc2)CC1)N1CCC(COC)C1. The van der Waals surface area contributed by atoms with Crippen molar-refractivity contribution in [3.05, 3.63) is 35.9 Å². The molecule has 1 unspecified atom stereocenters. The summed E-state index contributed by atoms with van der Waals surface area (Å²) in [5.41, 5.74) is 1.42. The first-order valence-electron chi connectivity index (χ1n) is 11.3. The molecule has 1 aromatic carbocycles. The van der Waals surface area contributed by atoms with Gasteiger partial charge in [0.25, 0.3) is 0 Å². The van der Waals surface area contributed by atoms with Gasteiger partial charge in [-0.2, -0.15) is 0 Å². The van der Waals surface area contributed by atoms with Crippen LogP contribution in [0.5, 0.6) is 0 Å². The average Bonchev–Trinajstić information content (AvgIpc) is 3.21. The molecule has 0 aromatic heterocycles. The summed E-state index contributed by atoms with van der Waals surface area (Å²) in [5, 5.41) is 3.47. The Labute approximate surface area is 176 Å². The number of benzene rings is 1. The third-order valence-electron chi connectivity index (χ3n) is 5.93. The normalized spacial score (nSPS) is 21.7. The van der Waals surface area contributed by atoms with Crippen molar-refractivity contribution < 1.29 is 4.74 Å². The molecule has 0 spiro atoms. The lowest BCUT2D eigenvalue weighted by atomic mass is 10.1. The van der Waals surface area contributed by atoms with Crippen molar-refractivity contribution in [3.63, 3.8) is 0 Å². The van der Waals surface area contributed by atoms with Crippen molar-refractivity contribution in [2.75, 3.05) is 72.6 Å². The molecule has 1 aromatic rings. The molecule has 1 atom stereocenters. The van der Waals surface area contributed by atoms with Gasteiger partial charge in [-0.3, -0.25) is 9.89 Å². The average molecular weight is 402 g/mol. The molecule has 2 saturated heterocycles. The number of hydrogen-bond donors (Lipinski definition) is 1. The van der Waals surface area contributed by atoms with Crippen LogP contribution < -0.4 is 5.32 Å². The Morgan fingerprint density at radius 3 is 2.59 bits per heavy atom. The second kappa shape index (κ2) is 12.2. The van der Waals surface area contributed by atoms with Gasteiger partial charge in [-0.25, -0.2) is 0 Å². The monoisotopic (exact) mass is 401 g/mol. The molecule has 2 fully saturated rings. The van der Waals surface area contributed by atoms with E-state index in [1.165, 1.54) is 25.1 Å². The minimum absolute atomic E-state index is 0.635. The van der Waals surface area contributed by atoms with Gasteiger partial charge in [0.05, 0.1) is 6.61 Å². The van der Waals surface area contributed by atoms with E-state index in [9.17, 15) is 0 Å². The highest BCUT2D eigenvalue weighted by molar-refractivity contribution is 5.80. The van der Waals surface area contributed by atoms with Gasteiger partial charge in [0.1, 0.15) is 0 Å². The van der Waals surface area contributed by atoms with Crippen LogP contribution in [-0.4, -0.2) is 93.3 Å². The third kappa shape index (κ3) is 7.28. The van der Waals surface area contributed by atoms with Crippen LogP contribution in [0.15, 0.2) is 35.3 Å². The first-order chi connectivity index (χ1) is 14.3. The van der Waals surface area contributed by atoms with Crippen molar-refractivity contribution in [1.82, 2.24) is 20.0 Å². The first-order valence-corrected chi connectivity index (χ1v) is 11.3. The summed E-state index contributed by atoms with van der Waals surface area (Å²) in [6.07, 6.45) is 2.33. The highest BCUT2D eigenvalue weighted by atomic mass is 16.5. The van der Waals surface area contributed by atoms with Gasteiger partial charge in [0, 0.05) is 78.5 Å². The summed E-state index contributed by atoms with van der Waals surface area (Å²) in [6.45, 7) is 13.9. The van der Waals surface area contributed by atoms with Crippen molar-refractivity contribution >= 4 is 5.96 Å². The fourth-order valence-electron chi connectivity index (χ4n) is 4.31. The van der Waals surface area contributed by atoms with Crippen LogP contribution in [0.4, 0.5) is 0 Å². The summed E-state index contributed by atoms with van der Waals surface area (Å²) in [7, 11) is 1.80. The Bertz CT molecular complexity index is 601. The summed E-state index contributed by atoms with van der Waals surface area (Å²) in [5.74, 6) is 1.72. The number of nitrogens with one attached hydrogen (secondary N) is 1. The number of aliphatic imine (C=N–C) groups is 1. The number of nitrogens with zero attached hydrogens (tertiary/aromatic N) is 4. The molecule has 2 heterocycles. The molecule has 0 saturated carbocycles. The van der Waals surface area contributed by atoms with E-state index >= 15 is 0 Å². The zero-order chi connectivity index (χ0) is 20.3. The van der Waals surface area contributed by atoms with Gasteiger partial charge < -0.3 is 19.9 Å². The molecule has 2 aliphatic rings. The smallest absolute Gasteiger partial charge is 0.193 e. The number of methoxy groups -OCH3 is 1. The number of hydrogen-bond acceptors (Lipinski definition) is 4. The standard InChI is InChI=1S/C23H39N5O/c1-3-24-23(28-13-10-22(19-28)20-29-2)25-11-7-12-26-14-16-27(17-15-26)18-21-8-5-4-6-9-21/h4-6,8-9,22H,3,7,10-20H2,1-2H3,(H,24,25). The number of guanidine groups is 1. The largest absolute Gasteiger partial charge is 0.384 e. The molecule has 0 amide bonds. The van der Waals surface area contributed by atoms with Crippen molar-refractivity contribution in [2.45, 2.75) is 26.3 Å². The first kappa shape index (κ1) is 22.1. The molecule has 29 heavy (non-hydrogen) atoms. The van der Waals surface area contributed by atoms with Crippen LogP contribution in [0, 0.1) is 5.92 Å². The minimum atomic E-state index is 0.635. The van der Waals surface area contributed by atoms with E-state index in [0.29, 0.717) is 5.92 Å². The Balaban J connectivity index is 1.35. The van der Waals surface area contributed by atoms with Gasteiger partial charge in [0.15, 0.2) is 5.96 Å². The molecule has 6 heteroatoms. The molecule has 2 aliphatic heterocycles. The number of ether oxygens (including phenoxy) is 1. The molecule has 3 rings (SSSR count). The van der Waals surface area contributed by atoms with Crippen LogP contribution in [0.3, 0.4) is 0 Å². The highest BCUT2D eigenvalue weighted by Crippen LogP contribution is 2.16. The van der Waals surface area contributed by atoms with E-state index in [1.807, 2.05) is 0 Å². The molecular weight excluding hydrogens is 362 g/mol.